The quantitative estimate of drug-likeness (QED) is 0.933. The Morgan fingerprint density at radius 1 is 1.30 bits per heavy atom. The minimum atomic E-state index is 0.414. The number of fused-ring (bicyclic) bond motifs is 1. The predicted molar refractivity (Wildman–Crippen MR) is 74.1 cm³/mol. The Labute approximate surface area is 118 Å². The highest BCUT2D eigenvalue weighted by molar-refractivity contribution is 5.19. The van der Waals surface area contributed by atoms with Gasteiger partial charge in [-0.05, 0) is 45.1 Å². The molecule has 106 valence electrons. The monoisotopic (exact) mass is 272 g/mol. The second-order valence-electron chi connectivity index (χ2n) is 5.87. The van der Waals surface area contributed by atoms with E-state index in [-0.39, 0.29) is 0 Å². The Kier molecular flexibility index (Phi) is 3.07. The summed E-state index contributed by atoms with van der Waals surface area (Å²) < 4.78 is 4.93. The van der Waals surface area contributed by atoms with E-state index in [1.165, 1.54) is 43.5 Å². The number of aromatic amines is 1. The molecule has 2 aromatic rings. The number of hydrogen-bond donors (Lipinski definition) is 1. The molecule has 1 atom stereocenters. The summed E-state index contributed by atoms with van der Waals surface area (Å²) in [6.07, 6.45) is 8.94. The summed E-state index contributed by atoms with van der Waals surface area (Å²) in [6.45, 7) is 1.97. The highest BCUT2D eigenvalue weighted by atomic mass is 16.5. The molecule has 5 nitrogen and oxygen atoms in total. The molecule has 2 aromatic heterocycles. The largest absolute Gasteiger partial charge is 0.364 e. The molecule has 1 aliphatic heterocycles. The van der Waals surface area contributed by atoms with Gasteiger partial charge in [0.05, 0.1) is 17.4 Å². The molecular formula is C15H20N4O. The molecule has 0 radical (unpaired) electrons. The average Bonchev–Trinajstić information content (AvgIpc) is 3.18. The summed E-state index contributed by atoms with van der Waals surface area (Å²) in [5, 5.41) is 4.03. The van der Waals surface area contributed by atoms with Crippen molar-refractivity contribution in [1.82, 2.24) is 20.0 Å². The first-order chi connectivity index (χ1) is 9.90. The standard InChI is InChI=1S/C15H20N4O/c1-2-5-13-12(4-1)16-15(17-13)14-6-3-8-19(14)10-11-7-9-20-18-11/h7,9,14H,1-6,8,10H2,(H,16,17). The topological polar surface area (TPSA) is 58.0 Å². The molecule has 1 N–H and O–H groups in total. The molecular weight excluding hydrogens is 252 g/mol. The number of nitrogens with one attached hydrogen (secondary N) is 1. The van der Waals surface area contributed by atoms with Crippen molar-refractivity contribution in [2.45, 2.75) is 51.1 Å². The lowest BCUT2D eigenvalue weighted by atomic mass is 10.0. The van der Waals surface area contributed by atoms with Gasteiger partial charge in [-0.25, -0.2) is 4.98 Å². The fraction of sp³-hybridized carbons (Fsp3) is 0.600. The lowest BCUT2D eigenvalue weighted by Gasteiger charge is -2.21. The fourth-order valence-corrected chi connectivity index (χ4v) is 3.49. The average molecular weight is 272 g/mol. The number of aromatic nitrogens is 3. The van der Waals surface area contributed by atoms with Crippen LogP contribution >= 0.6 is 0 Å². The smallest absolute Gasteiger partial charge is 0.124 e. The van der Waals surface area contributed by atoms with E-state index in [1.807, 2.05) is 6.07 Å². The second-order valence-corrected chi connectivity index (χ2v) is 5.87. The summed E-state index contributed by atoms with van der Waals surface area (Å²) in [7, 11) is 0. The van der Waals surface area contributed by atoms with Gasteiger partial charge in [-0.3, -0.25) is 4.90 Å². The molecule has 0 saturated carbocycles. The molecule has 0 bridgehead atoms. The number of likely N-dealkylation sites (tertiary alicyclic amines) is 1. The van der Waals surface area contributed by atoms with Gasteiger partial charge >= 0.3 is 0 Å². The van der Waals surface area contributed by atoms with Crippen LogP contribution in [0, 0.1) is 0 Å². The first-order valence-electron chi connectivity index (χ1n) is 7.61. The highest BCUT2D eigenvalue weighted by Gasteiger charge is 2.30. The maximum atomic E-state index is 4.93. The summed E-state index contributed by atoms with van der Waals surface area (Å²) in [4.78, 5) is 10.9. The Morgan fingerprint density at radius 3 is 3.10 bits per heavy atom. The molecule has 1 fully saturated rings. The van der Waals surface area contributed by atoms with Crippen molar-refractivity contribution in [3.63, 3.8) is 0 Å². The van der Waals surface area contributed by atoms with Crippen LogP contribution in [0.5, 0.6) is 0 Å². The van der Waals surface area contributed by atoms with Crippen LogP contribution in [-0.4, -0.2) is 26.6 Å². The number of rotatable bonds is 3. The van der Waals surface area contributed by atoms with E-state index in [4.69, 9.17) is 9.51 Å². The van der Waals surface area contributed by atoms with Crippen molar-refractivity contribution in [3.8, 4) is 0 Å². The molecule has 0 aromatic carbocycles. The van der Waals surface area contributed by atoms with Gasteiger partial charge in [-0.2, -0.15) is 0 Å². The van der Waals surface area contributed by atoms with E-state index < -0.39 is 0 Å². The molecule has 1 aliphatic carbocycles. The number of hydrogen-bond acceptors (Lipinski definition) is 4. The van der Waals surface area contributed by atoms with Crippen LogP contribution in [0.1, 0.15) is 54.6 Å². The molecule has 1 saturated heterocycles. The number of imidazole rings is 1. The van der Waals surface area contributed by atoms with E-state index in [2.05, 4.69) is 15.0 Å². The van der Waals surface area contributed by atoms with Gasteiger partial charge in [0.25, 0.3) is 0 Å². The van der Waals surface area contributed by atoms with Crippen LogP contribution in [0.4, 0.5) is 0 Å². The SMILES string of the molecule is c1cc(CN2CCCC2c2nc3c([nH]2)CCCC3)no1. The molecule has 3 heterocycles. The van der Waals surface area contributed by atoms with Crippen molar-refractivity contribution in [2.24, 2.45) is 0 Å². The van der Waals surface area contributed by atoms with Crippen molar-refractivity contribution in [3.05, 3.63) is 35.2 Å². The molecule has 2 aliphatic rings. The maximum Gasteiger partial charge on any atom is 0.124 e. The maximum absolute atomic E-state index is 4.93. The van der Waals surface area contributed by atoms with E-state index >= 15 is 0 Å². The van der Waals surface area contributed by atoms with Gasteiger partial charge in [0.1, 0.15) is 12.1 Å². The molecule has 5 heteroatoms. The van der Waals surface area contributed by atoms with E-state index in [0.29, 0.717) is 6.04 Å². The lowest BCUT2D eigenvalue weighted by molar-refractivity contribution is 0.233. The normalized spacial score (nSPS) is 23.1. The molecule has 0 spiro atoms. The number of aryl methyl sites for hydroxylation is 2. The van der Waals surface area contributed by atoms with Gasteiger partial charge in [-0.15, -0.1) is 0 Å². The molecule has 0 amide bonds. The van der Waals surface area contributed by atoms with Gasteiger partial charge in [0.15, 0.2) is 0 Å². The minimum absolute atomic E-state index is 0.414. The first kappa shape index (κ1) is 12.1. The molecule has 20 heavy (non-hydrogen) atoms. The van der Waals surface area contributed by atoms with E-state index in [1.54, 1.807) is 6.26 Å². The summed E-state index contributed by atoms with van der Waals surface area (Å²) in [5.74, 6) is 1.16. The third-order valence-corrected chi connectivity index (χ3v) is 4.51. The summed E-state index contributed by atoms with van der Waals surface area (Å²) in [5.41, 5.74) is 3.69. The van der Waals surface area contributed by atoms with Crippen LogP contribution in [0.3, 0.4) is 0 Å². The Balaban J connectivity index is 1.55. The van der Waals surface area contributed by atoms with Crippen LogP contribution < -0.4 is 0 Å². The third kappa shape index (κ3) is 2.16. The van der Waals surface area contributed by atoms with E-state index in [9.17, 15) is 0 Å². The Bertz CT molecular complexity index is 551. The first-order valence-corrected chi connectivity index (χ1v) is 7.61. The van der Waals surface area contributed by atoms with Crippen molar-refractivity contribution in [1.29, 1.82) is 0 Å². The predicted octanol–water partition coefficient (Wildman–Crippen LogP) is 2.61. The van der Waals surface area contributed by atoms with Crippen molar-refractivity contribution < 1.29 is 4.52 Å². The Hall–Kier alpha value is -1.62. The zero-order valence-electron chi connectivity index (χ0n) is 11.6. The number of nitrogens with zero attached hydrogens (tertiary/aromatic N) is 3. The molecule has 4 rings (SSSR count). The van der Waals surface area contributed by atoms with Crippen molar-refractivity contribution >= 4 is 0 Å². The van der Waals surface area contributed by atoms with Gasteiger partial charge in [0, 0.05) is 18.3 Å². The van der Waals surface area contributed by atoms with Crippen LogP contribution in [0.25, 0.3) is 0 Å². The minimum Gasteiger partial charge on any atom is -0.364 e. The molecule has 1 unspecified atom stereocenters. The third-order valence-electron chi connectivity index (χ3n) is 4.51. The van der Waals surface area contributed by atoms with Gasteiger partial charge in [-0.1, -0.05) is 5.16 Å². The fourth-order valence-electron chi connectivity index (χ4n) is 3.49. The second kappa shape index (κ2) is 5.05. The van der Waals surface area contributed by atoms with E-state index in [0.717, 1.165) is 31.0 Å². The zero-order chi connectivity index (χ0) is 13.4. The van der Waals surface area contributed by atoms with Crippen molar-refractivity contribution in [2.75, 3.05) is 6.54 Å². The lowest BCUT2D eigenvalue weighted by Crippen LogP contribution is -2.23. The van der Waals surface area contributed by atoms with Crippen LogP contribution in [0.15, 0.2) is 16.9 Å². The van der Waals surface area contributed by atoms with Gasteiger partial charge < -0.3 is 9.51 Å². The highest BCUT2D eigenvalue weighted by Crippen LogP contribution is 2.33. The van der Waals surface area contributed by atoms with Crippen LogP contribution in [-0.2, 0) is 19.4 Å². The number of H-pyrrole nitrogens is 1. The van der Waals surface area contributed by atoms with Crippen LogP contribution in [0.2, 0.25) is 0 Å². The Morgan fingerprint density at radius 2 is 2.25 bits per heavy atom. The summed E-state index contributed by atoms with van der Waals surface area (Å²) >= 11 is 0. The zero-order valence-corrected chi connectivity index (χ0v) is 11.6. The summed E-state index contributed by atoms with van der Waals surface area (Å²) in [6, 6.07) is 2.36. The van der Waals surface area contributed by atoms with Gasteiger partial charge in [0.2, 0.25) is 0 Å².